The first kappa shape index (κ1) is 11.5. The molecule has 0 aliphatic heterocycles. The second-order valence-electron chi connectivity index (χ2n) is 2.87. The van der Waals surface area contributed by atoms with Crippen LogP contribution in [0.5, 0.6) is 0 Å². The highest BCUT2D eigenvalue weighted by Gasteiger charge is 2.38. The number of alkyl halides is 3. The summed E-state index contributed by atoms with van der Waals surface area (Å²) >= 11 is 0. The topological polar surface area (TPSA) is 49.8 Å². The molecule has 0 spiro atoms. The van der Waals surface area contributed by atoms with Gasteiger partial charge in [-0.1, -0.05) is 6.07 Å². The number of rotatable bonds is 1. The van der Waals surface area contributed by atoms with Crippen molar-refractivity contribution in [1.82, 2.24) is 0 Å². The summed E-state index contributed by atoms with van der Waals surface area (Å²) in [6.07, 6.45) is -4.61. The highest BCUT2D eigenvalue weighted by Crippen LogP contribution is 2.30. The number of nitrogens with zero attached hydrogens (tertiary/aromatic N) is 1. The molecule has 0 aromatic heterocycles. The lowest BCUT2D eigenvalue weighted by Crippen LogP contribution is -2.28. The summed E-state index contributed by atoms with van der Waals surface area (Å²) in [7, 11) is 0. The van der Waals surface area contributed by atoms with E-state index in [2.05, 4.69) is 0 Å². The third kappa shape index (κ3) is 2.44. The molecule has 0 aliphatic rings. The third-order valence-electron chi connectivity index (χ3n) is 1.82. The van der Waals surface area contributed by atoms with Crippen LogP contribution in [0.1, 0.15) is 17.2 Å². The zero-order valence-corrected chi connectivity index (χ0v) is 7.35. The number of nitrogens with two attached hydrogens (primary N) is 1. The van der Waals surface area contributed by atoms with Crippen molar-refractivity contribution < 1.29 is 17.6 Å². The van der Waals surface area contributed by atoms with Gasteiger partial charge in [0, 0.05) is 0 Å². The minimum absolute atomic E-state index is 0.333. The molecule has 1 aromatic carbocycles. The second-order valence-corrected chi connectivity index (χ2v) is 2.87. The lowest BCUT2D eigenvalue weighted by atomic mass is 10.0. The Morgan fingerprint density at radius 2 is 1.93 bits per heavy atom. The molecule has 0 saturated heterocycles. The summed E-state index contributed by atoms with van der Waals surface area (Å²) in [5.41, 5.74) is 4.10. The molecule has 6 heteroatoms. The van der Waals surface area contributed by atoms with Crippen LogP contribution in [0.15, 0.2) is 18.2 Å². The molecule has 0 fully saturated rings. The normalized spacial score (nSPS) is 13.3. The van der Waals surface area contributed by atoms with Crippen LogP contribution >= 0.6 is 0 Å². The molecular weight excluding hydrogens is 212 g/mol. The molecular formula is C9H6F4N2. The molecule has 1 rings (SSSR count). The third-order valence-corrected chi connectivity index (χ3v) is 1.82. The molecule has 0 unspecified atom stereocenters. The lowest BCUT2D eigenvalue weighted by molar-refractivity contribution is -0.149. The summed E-state index contributed by atoms with van der Waals surface area (Å²) in [4.78, 5) is 0. The van der Waals surface area contributed by atoms with Crippen LogP contribution in [0, 0.1) is 17.1 Å². The van der Waals surface area contributed by atoms with Gasteiger partial charge in [0.15, 0.2) is 0 Å². The maximum absolute atomic E-state index is 12.8. The fourth-order valence-corrected chi connectivity index (χ4v) is 1.01. The molecule has 15 heavy (non-hydrogen) atoms. The predicted octanol–water partition coefficient (Wildman–Crippen LogP) is 2.26. The Bertz CT molecular complexity index is 406. The molecule has 2 nitrogen and oxygen atoms in total. The summed E-state index contributed by atoms with van der Waals surface area (Å²) < 4.78 is 49.3. The maximum atomic E-state index is 12.8. The first-order valence-corrected chi connectivity index (χ1v) is 3.88. The maximum Gasteiger partial charge on any atom is 0.407 e. The zero-order chi connectivity index (χ0) is 11.6. The van der Waals surface area contributed by atoms with E-state index in [1.54, 1.807) is 0 Å². The van der Waals surface area contributed by atoms with E-state index in [4.69, 9.17) is 11.0 Å². The molecule has 0 bridgehead atoms. The van der Waals surface area contributed by atoms with Gasteiger partial charge in [0.2, 0.25) is 0 Å². The van der Waals surface area contributed by atoms with Crippen molar-refractivity contribution in [3.05, 3.63) is 35.1 Å². The molecule has 0 saturated carbocycles. The molecule has 0 radical (unpaired) electrons. The van der Waals surface area contributed by atoms with Crippen molar-refractivity contribution in [2.24, 2.45) is 5.73 Å². The lowest BCUT2D eigenvalue weighted by Gasteiger charge is -2.15. The van der Waals surface area contributed by atoms with Gasteiger partial charge >= 0.3 is 6.18 Å². The van der Waals surface area contributed by atoms with E-state index in [9.17, 15) is 17.6 Å². The van der Waals surface area contributed by atoms with E-state index in [1.807, 2.05) is 0 Å². The molecule has 0 aliphatic carbocycles. The van der Waals surface area contributed by atoms with Crippen LogP contribution < -0.4 is 5.73 Å². The van der Waals surface area contributed by atoms with E-state index in [0.717, 1.165) is 18.2 Å². The van der Waals surface area contributed by atoms with Gasteiger partial charge in [-0.05, 0) is 17.7 Å². The molecule has 1 atom stereocenters. The predicted molar refractivity (Wildman–Crippen MR) is 44.1 cm³/mol. The summed E-state index contributed by atoms with van der Waals surface area (Å²) in [5, 5.41) is 8.42. The van der Waals surface area contributed by atoms with Crippen LogP contribution in [-0.2, 0) is 0 Å². The number of halogens is 4. The van der Waals surface area contributed by atoms with E-state index in [-0.39, 0.29) is 5.56 Å². The van der Waals surface area contributed by atoms with Gasteiger partial charge in [0.1, 0.15) is 17.9 Å². The van der Waals surface area contributed by atoms with E-state index in [0.29, 0.717) is 0 Å². The van der Waals surface area contributed by atoms with Crippen LogP contribution in [0.25, 0.3) is 0 Å². The smallest absolute Gasteiger partial charge is 0.316 e. The van der Waals surface area contributed by atoms with Crippen molar-refractivity contribution in [2.75, 3.05) is 0 Å². The molecule has 1 aromatic rings. The number of benzene rings is 1. The Hall–Kier alpha value is -1.61. The highest BCUT2D eigenvalue weighted by molar-refractivity contribution is 5.36. The highest BCUT2D eigenvalue weighted by atomic mass is 19.4. The van der Waals surface area contributed by atoms with Crippen LogP contribution in [-0.4, -0.2) is 6.18 Å². The van der Waals surface area contributed by atoms with Crippen LogP contribution in [0.2, 0.25) is 0 Å². The van der Waals surface area contributed by atoms with Crippen LogP contribution in [0.3, 0.4) is 0 Å². The first-order valence-electron chi connectivity index (χ1n) is 3.88. The number of nitriles is 1. The molecule has 2 N–H and O–H groups in total. The Morgan fingerprint density at radius 1 is 1.33 bits per heavy atom. The van der Waals surface area contributed by atoms with E-state index < -0.39 is 23.6 Å². The minimum atomic E-state index is -4.61. The van der Waals surface area contributed by atoms with E-state index in [1.165, 1.54) is 6.07 Å². The minimum Gasteiger partial charge on any atom is -0.316 e. The summed E-state index contributed by atoms with van der Waals surface area (Å²) in [5.74, 6) is -0.865. The molecule has 0 amide bonds. The van der Waals surface area contributed by atoms with Crippen molar-refractivity contribution in [3.63, 3.8) is 0 Å². The van der Waals surface area contributed by atoms with Gasteiger partial charge in [-0.3, -0.25) is 0 Å². The summed E-state index contributed by atoms with van der Waals surface area (Å²) in [6.45, 7) is 0. The van der Waals surface area contributed by atoms with Gasteiger partial charge in [0.05, 0.1) is 5.56 Å². The van der Waals surface area contributed by atoms with Gasteiger partial charge in [-0.15, -0.1) is 0 Å². The van der Waals surface area contributed by atoms with Crippen LogP contribution in [0.4, 0.5) is 17.6 Å². The van der Waals surface area contributed by atoms with E-state index >= 15 is 0 Å². The van der Waals surface area contributed by atoms with Crippen molar-refractivity contribution >= 4 is 0 Å². The Balaban J connectivity index is 3.13. The Morgan fingerprint density at radius 3 is 2.40 bits per heavy atom. The standard InChI is InChI=1S/C9H6F4N2/c10-7-2-1-5(3-6(7)4-14)8(15)9(11,12)13/h1-3,8H,15H2/t8-/m0/s1. The van der Waals surface area contributed by atoms with Gasteiger partial charge in [-0.2, -0.15) is 18.4 Å². The zero-order valence-electron chi connectivity index (χ0n) is 7.35. The monoisotopic (exact) mass is 218 g/mol. The fraction of sp³-hybridized carbons (Fsp3) is 0.222. The van der Waals surface area contributed by atoms with Gasteiger partial charge in [-0.25, -0.2) is 4.39 Å². The SMILES string of the molecule is N#Cc1cc([C@H](N)C(F)(F)F)ccc1F. The van der Waals surface area contributed by atoms with Crippen molar-refractivity contribution in [1.29, 1.82) is 5.26 Å². The quantitative estimate of drug-likeness (QED) is 0.735. The average molecular weight is 218 g/mol. The fourth-order valence-electron chi connectivity index (χ4n) is 1.01. The van der Waals surface area contributed by atoms with Gasteiger partial charge < -0.3 is 5.73 Å². The number of hydrogen-bond donors (Lipinski definition) is 1. The molecule has 80 valence electrons. The first-order chi connectivity index (χ1) is 6.86. The molecule has 0 heterocycles. The second kappa shape index (κ2) is 3.87. The van der Waals surface area contributed by atoms with Crippen molar-refractivity contribution in [3.8, 4) is 6.07 Å². The number of hydrogen-bond acceptors (Lipinski definition) is 2. The largest absolute Gasteiger partial charge is 0.407 e. The van der Waals surface area contributed by atoms with Crippen molar-refractivity contribution in [2.45, 2.75) is 12.2 Å². The Labute approximate surface area is 82.9 Å². The Kier molecular flexibility index (Phi) is 2.95. The van der Waals surface area contributed by atoms with Gasteiger partial charge in [0.25, 0.3) is 0 Å². The summed E-state index contributed by atoms with van der Waals surface area (Å²) in [6, 6.07) is 1.74. The average Bonchev–Trinajstić information content (AvgIpc) is 2.16.